The van der Waals surface area contributed by atoms with E-state index in [1.54, 1.807) is 44.1 Å². The summed E-state index contributed by atoms with van der Waals surface area (Å²) in [5.74, 6) is -0.858. The third kappa shape index (κ3) is 5.11. The summed E-state index contributed by atoms with van der Waals surface area (Å²) in [6.07, 6.45) is 1.61. The number of nitrogens with zero attached hydrogens (tertiary/aromatic N) is 1. The lowest BCUT2D eigenvalue weighted by Gasteiger charge is -2.24. The van der Waals surface area contributed by atoms with Crippen LogP contribution in [0.4, 0.5) is 0 Å². The molecule has 0 aliphatic carbocycles. The summed E-state index contributed by atoms with van der Waals surface area (Å²) < 4.78 is 0. The van der Waals surface area contributed by atoms with Gasteiger partial charge in [-0.2, -0.15) is 0 Å². The van der Waals surface area contributed by atoms with E-state index in [0.717, 1.165) is 0 Å². The lowest BCUT2D eigenvalue weighted by atomic mass is 10.1. The molecule has 0 saturated heterocycles. The van der Waals surface area contributed by atoms with Crippen molar-refractivity contribution in [2.24, 2.45) is 0 Å². The van der Waals surface area contributed by atoms with Crippen LogP contribution < -0.4 is 5.32 Å². The highest BCUT2D eigenvalue weighted by atomic mass is 16.3. The standard InChI is InChI=1S/C12H19N3O3/c1-12(2,18)8-15(3)7-10(16)14-11(17)9-5-4-6-13-9/h4-6,13,18H,7-8H2,1-3H3,(H,14,16,17). The minimum atomic E-state index is -0.876. The molecule has 0 aromatic carbocycles. The van der Waals surface area contributed by atoms with Gasteiger partial charge in [0.2, 0.25) is 5.91 Å². The van der Waals surface area contributed by atoms with Crippen molar-refractivity contribution in [1.82, 2.24) is 15.2 Å². The van der Waals surface area contributed by atoms with E-state index in [1.807, 2.05) is 0 Å². The van der Waals surface area contributed by atoms with E-state index in [1.165, 1.54) is 0 Å². The predicted octanol–water partition coefficient (Wildman–Crippen LogP) is -0.0262. The minimum Gasteiger partial charge on any atom is -0.389 e. The van der Waals surface area contributed by atoms with Gasteiger partial charge in [0.05, 0.1) is 12.1 Å². The molecule has 0 radical (unpaired) electrons. The highest BCUT2D eigenvalue weighted by Gasteiger charge is 2.18. The topological polar surface area (TPSA) is 85.4 Å². The number of aromatic nitrogens is 1. The Kier molecular flexibility index (Phi) is 4.63. The van der Waals surface area contributed by atoms with Crippen LogP contribution in [0.15, 0.2) is 18.3 Å². The second-order valence-corrected chi connectivity index (χ2v) is 4.95. The monoisotopic (exact) mass is 253 g/mol. The zero-order valence-corrected chi connectivity index (χ0v) is 10.9. The van der Waals surface area contributed by atoms with Gasteiger partial charge in [-0.3, -0.25) is 19.8 Å². The van der Waals surface area contributed by atoms with E-state index in [9.17, 15) is 14.7 Å². The number of hydrogen-bond acceptors (Lipinski definition) is 4. The van der Waals surface area contributed by atoms with E-state index in [2.05, 4.69) is 10.3 Å². The van der Waals surface area contributed by atoms with Crippen LogP contribution >= 0.6 is 0 Å². The predicted molar refractivity (Wildman–Crippen MR) is 67.1 cm³/mol. The highest BCUT2D eigenvalue weighted by Crippen LogP contribution is 2.02. The van der Waals surface area contributed by atoms with E-state index in [0.29, 0.717) is 12.2 Å². The van der Waals surface area contributed by atoms with Crippen LogP contribution in [-0.4, -0.2) is 52.5 Å². The minimum absolute atomic E-state index is 0.0520. The molecule has 0 aliphatic heterocycles. The molecule has 1 heterocycles. The van der Waals surface area contributed by atoms with Crippen molar-refractivity contribution < 1.29 is 14.7 Å². The molecule has 6 heteroatoms. The van der Waals surface area contributed by atoms with Gasteiger partial charge in [-0.1, -0.05) is 0 Å². The molecule has 0 spiro atoms. The molecule has 3 N–H and O–H groups in total. The first-order chi connectivity index (χ1) is 8.28. The molecule has 1 aromatic rings. The van der Waals surface area contributed by atoms with Gasteiger partial charge in [0.1, 0.15) is 5.69 Å². The first kappa shape index (κ1) is 14.4. The number of carbonyl (C=O) groups excluding carboxylic acids is 2. The molecule has 2 amide bonds. The lowest BCUT2D eigenvalue weighted by Crippen LogP contribution is -2.43. The van der Waals surface area contributed by atoms with Crippen molar-refractivity contribution >= 4 is 11.8 Å². The van der Waals surface area contributed by atoms with Crippen molar-refractivity contribution in [3.8, 4) is 0 Å². The van der Waals surface area contributed by atoms with Crippen LogP contribution in [0.3, 0.4) is 0 Å². The fourth-order valence-electron chi connectivity index (χ4n) is 1.67. The summed E-state index contributed by atoms with van der Waals surface area (Å²) in [4.78, 5) is 27.5. The molecule has 0 aliphatic rings. The van der Waals surface area contributed by atoms with Gasteiger partial charge in [-0.15, -0.1) is 0 Å². The van der Waals surface area contributed by atoms with E-state index >= 15 is 0 Å². The maximum Gasteiger partial charge on any atom is 0.274 e. The highest BCUT2D eigenvalue weighted by molar-refractivity contribution is 6.04. The van der Waals surface area contributed by atoms with Gasteiger partial charge in [-0.05, 0) is 33.0 Å². The van der Waals surface area contributed by atoms with Crippen LogP contribution in [0.1, 0.15) is 24.3 Å². The number of rotatable bonds is 5. The van der Waals surface area contributed by atoms with Crippen LogP contribution in [0.25, 0.3) is 0 Å². The lowest BCUT2D eigenvalue weighted by molar-refractivity contribution is -0.121. The molecule has 1 aromatic heterocycles. The average Bonchev–Trinajstić information content (AvgIpc) is 2.65. The Morgan fingerprint density at radius 3 is 2.67 bits per heavy atom. The number of H-pyrrole nitrogens is 1. The Balaban J connectivity index is 2.40. The van der Waals surface area contributed by atoms with Gasteiger partial charge in [-0.25, -0.2) is 0 Å². The van der Waals surface area contributed by atoms with Crippen molar-refractivity contribution in [3.05, 3.63) is 24.0 Å². The summed E-state index contributed by atoms with van der Waals surface area (Å²) in [5.41, 5.74) is -0.535. The molecule has 100 valence electrons. The molecule has 1 rings (SSSR count). The molecule has 0 atom stereocenters. The third-order valence-corrected chi connectivity index (χ3v) is 2.17. The number of nitrogens with one attached hydrogen (secondary N) is 2. The third-order valence-electron chi connectivity index (χ3n) is 2.17. The second kappa shape index (κ2) is 5.79. The Hall–Kier alpha value is -1.66. The van der Waals surface area contributed by atoms with Gasteiger partial charge < -0.3 is 10.1 Å². The fourth-order valence-corrected chi connectivity index (χ4v) is 1.67. The SMILES string of the molecule is CN(CC(=O)NC(=O)c1ccc[nH]1)CC(C)(C)O. The summed E-state index contributed by atoms with van der Waals surface area (Å²) in [6.45, 7) is 3.71. The van der Waals surface area contributed by atoms with Gasteiger partial charge in [0, 0.05) is 12.7 Å². The Morgan fingerprint density at radius 2 is 2.17 bits per heavy atom. The number of likely N-dealkylation sites (N-methyl/N-ethyl adjacent to an activating group) is 1. The summed E-state index contributed by atoms with van der Waals surface area (Å²) >= 11 is 0. The molecule has 18 heavy (non-hydrogen) atoms. The zero-order chi connectivity index (χ0) is 13.8. The van der Waals surface area contributed by atoms with Crippen LogP contribution in [0, 0.1) is 0 Å². The van der Waals surface area contributed by atoms with Gasteiger partial charge in [0.15, 0.2) is 0 Å². The number of imide groups is 1. The molecule has 0 unspecified atom stereocenters. The number of aliphatic hydroxyl groups is 1. The van der Waals surface area contributed by atoms with Crippen LogP contribution in [0.2, 0.25) is 0 Å². The summed E-state index contributed by atoms with van der Waals surface area (Å²) in [5, 5.41) is 11.9. The van der Waals surface area contributed by atoms with E-state index in [4.69, 9.17) is 0 Å². The van der Waals surface area contributed by atoms with Gasteiger partial charge in [0.25, 0.3) is 5.91 Å². The summed E-state index contributed by atoms with van der Waals surface area (Å²) in [6, 6.07) is 3.27. The molecular weight excluding hydrogens is 234 g/mol. The molecule has 0 bridgehead atoms. The number of hydrogen-bond donors (Lipinski definition) is 3. The fraction of sp³-hybridized carbons (Fsp3) is 0.500. The summed E-state index contributed by atoms with van der Waals surface area (Å²) in [7, 11) is 1.71. The first-order valence-corrected chi connectivity index (χ1v) is 5.66. The van der Waals surface area contributed by atoms with Crippen molar-refractivity contribution in [3.63, 3.8) is 0 Å². The maximum atomic E-state index is 11.6. The second-order valence-electron chi connectivity index (χ2n) is 4.95. The van der Waals surface area contributed by atoms with E-state index in [-0.39, 0.29) is 6.54 Å². The molecule has 0 saturated carbocycles. The normalized spacial score (nSPS) is 11.6. The van der Waals surface area contributed by atoms with Crippen LogP contribution in [-0.2, 0) is 4.79 Å². The number of carbonyl (C=O) groups is 2. The number of aromatic amines is 1. The van der Waals surface area contributed by atoms with Crippen molar-refractivity contribution in [2.45, 2.75) is 19.4 Å². The zero-order valence-electron chi connectivity index (χ0n) is 10.9. The Morgan fingerprint density at radius 1 is 1.50 bits per heavy atom. The van der Waals surface area contributed by atoms with Crippen LogP contribution in [0.5, 0.6) is 0 Å². The van der Waals surface area contributed by atoms with Gasteiger partial charge >= 0.3 is 0 Å². The van der Waals surface area contributed by atoms with Crippen molar-refractivity contribution in [2.75, 3.05) is 20.1 Å². The Labute approximate surface area is 106 Å². The van der Waals surface area contributed by atoms with E-state index < -0.39 is 17.4 Å². The maximum absolute atomic E-state index is 11.6. The Bertz CT molecular complexity index is 407. The smallest absolute Gasteiger partial charge is 0.274 e. The van der Waals surface area contributed by atoms with Crippen molar-refractivity contribution in [1.29, 1.82) is 0 Å². The quantitative estimate of drug-likeness (QED) is 0.688. The molecule has 0 fully saturated rings. The average molecular weight is 253 g/mol. The number of amides is 2. The largest absolute Gasteiger partial charge is 0.389 e. The molecular formula is C12H19N3O3. The molecule has 6 nitrogen and oxygen atoms in total. The first-order valence-electron chi connectivity index (χ1n) is 5.66.